The van der Waals surface area contributed by atoms with E-state index in [1.165, 1.54) is 0 Å². The number of hydrogen-bond donors (Lipinski definition) is 1. The molecule has 0 spiro atoms. The summed E-state index contributed by atoms with van der Waals surface area (Å²) >= 11 is 0. The fraction of sp³-hybridized carbons (Fsp3) is 0.462. The minimum atomic E-state index is 0.0812. The number of hydrogen-bond acceptors (Lipinski definition) is 4. The monoisotopic (exact) mass is 250 g/mol. The van der Waals surface area contributed by atoms with Gasteiger partial charge in [0.1, 0.15) is 0 Å². The van der Waals surface area contributed by atoms with Crippen LogP contribution in [-0.2, 0) is 11.3 Å². The van der Waals surface area contributed by atoms with Gasteiger partial charge in [-0.05, 0) is 24.6 Å². The van der Waals surface area contributed by atoms with E-state index in [1.54, 1.807) is 4.90 Å². The van der Waals surface area contributed by atoms with Crippen molar-refractivity contribution in [2.75, 3.05) is 19.9 Å². The van der Waals surface area contributed by atoms with Crippen molar-refractivity contribution in [3.8, 4) is 11.5 Å². The van der Waals surface area contributed by atoms with Crippen LogP contribution in [0, 0.1) is 0 Å². The van der Waals surface area contributed by atoms with Gasteiger partial charge >= 0.3 is 0 Å². The molecular weight excluding hydrogens is 232 g/mol. The zero-order valence-electron chi connectivity index (χ0n) is 10.5. The van der Waals surface area contributed by atoms with Gasteiger partial charge in [-0.2, -0.15) is 0 Å². The Labute approximate surface area is 106 Å². The average molecular weight is 250 g/mol. The Hall–Kier alpha value is -1.75. The van der Waals surface area contributed by atoms with Gasteiger partial charge in [-0.1, -0.05) is 6.07 Å². The Morgan fingerprint density at radius 1 is 1.39 bits per heavy atom. The molecule has 5 heteroatoms. The zero-order valence-corrected chi connectivity index (χ0v) is 10.5. The van der Waals surface area contributed by atoms with Gasteiger partial charge in [0.05, 0.1) is 0 Å². The first-order valence-corrected chi connectivity index (χ1v) is 6.11. The summed E-state index contributed by atoms with van der Waals surface area (Å²) in [6, 6.07) is 5.74. The number of amides is 1. The molecule has 0 bridgehead atoms. The number of rotatable bonds is 5. The maximum Gasteiger partial charge on any atom is 0.231 e. The predicted molar refractivity (Wildman–Crippen MR) is 67.3 cm³/mol. The molecule has 0 fully saturated rings. The maximum atomic E-state index is 11.8. The summed E-state index contributed by atoms with van der Waals surface area (Å²) in [5.41, 5.74) is 6.44. The van der Waals surface area contributed by atoms with Crippen LogP contribution >= 0.6 is 0 Å². The van der Waals surface area contributed by atoms with Crippen molar-refractivity contribution < 1.29 is 14.3 Å². The van der Waals surface area contributed by atoms with Crippen molar-refractivity contribution in [3.63, 3.8) is 0 Å². The van der Waals surface area contributed by atoms with Gasteiger partial charge in [-0.15, -0.1) is 0 Å². The molecule has 1 aliphatic heterocycles. The number of fused-ring (bicyclic) bond motifs is 1. The van der Waals surface area contributed by atoms with E-state index in [-0.39, 0.29) is 12.7 Å². The van der Waals surface area contributed by atoms with Crippen LogP contribution in [0.2, 0.25) is 0 Å². The van der Waals surface area contributed by atoms with Crippen molar-refractivity contribution in [1.82, 2.24) is 4.90 Å². The van der Waals surface area contributed by atoms with E-state index in [0.29, 0.717) is 26.1 Å². The zero-order chi connectivity index (χ0) is 13.0. The molecule has 0 saturated heterocycles. The van der Waals surface area contributed by atoms with Crippen LogP contribution in [0.4, 0.5) is 0 Å². The molecule has 0 atom stereocenters. The van der Waals surface area contributed by atoms with E-state index >= 15 is 0 Å². The lowest BCUT2D eigenvalue weighted by Gasteiger charge is -2.20. The van der Waals surface area contributed by atoms with Gasteiger partial charge in [-0.25, -0.2) is 0 Å². The Kier molecular flexibility index (Phi) is 4.04. The fourth-order valence-electron chi connectivity index (χ4n) is 1.92. The van der Waals surface area contributed by atoms with Crippen molar-refractivity contribution >= 4 is 5.91 Å². The van der Waals surface area contributed by atoms with E-state index in [1.807, 2.05) is 25.1 Å². The largest absolute Gasteiger partial charge is 0.454 e. The molecule has 1 aromatic rings. The SMILES string of the molecule is CCN(Cc1ccc2c(c1)OCO2)C(=O)CCN. The third-order valence-corrected chi connectivity index (χ3v) is 2.90. The molecule has 0 saturated carbocycles. The summed E-state index contributed by atoms with van der Waals surface area (Å²) in [7, 11) is 0. The molecule has 98 valence electrons. The van der Waals surface area contributed by atoms with Crippen LogP contribution in [0.25, 0.3) is 0 Å². The second kappa shape index (κ2) is 5.73. The first-order chi connectivity index (χ1) is 8.74. The summed E-state index contributed by atoms with van der Waals surface area (Å²) in [5, 5.41) is 0. The first-order valence-electron chi connectivity index (χ1n) is 6.11. The Balaban J connectivity index is 2.05. The fourth-order valence-corrected chi connectivity index (χ4v) is 1.92. The molecule has 0 radical (unpaired) electrons. The van der Waals surface area contributed by atoms with Gasteiger partial charge in [0, 0.05) is 26.1 Å². The number of benzene rings is 1. The minimum absolute atomic E-state index is 0.0812. The summed E-state index contributed by atoms with van der Waals surface area (Å²) in [5.74, 6) is 1.59. The number of carbonyl (C=O) groups excluding carboxylic acids is 1. The molecule has 0 aromatic heterocycles. The summed E-state index contributed by atoms with van der Waals surface area (Å²) in [4.78, 5) is 13.6. The smallest absolute Gasteiger partial charge is 0.231 e. The van der Waals surface area contributed by atoms with Crippen LogP contribution in [0.5, 0.6) is 11.5 Å². The topological polar surface area (TPSA) is 64.8 Å². The molecule has 2 rings (SSSR count). The third kappa shape index (κ3) is 2.73. The van der Waals surface area contributed by atoms with E-state index in [2.05, 4.69) is 0 Å². The van der Waals surface area contributed by atoms with Crippen LogP contribution in [0.15, 0.2) is 18.2 Å². The highest BCUT2D eigenvalue weighted by Crippen LogP contribution is 2.32. The van der Waals surface area contributed by atoms with Crippen LogP contribution in [-0.4, -0.2) is 30.7 Å². The third-order valence-electron chi connectivity index (χ3n) is 2.90. The van der Waals surface area contributed by atoms with Crippen molar-refractivity contribution in [2.45, 2.75) is 19.9 Å². The minimum Gasteiger partial charge on any atom is -0.454 e. The highest BCUT2D eigenvalue weighted by molar-refractivity contribution is 5.76. The molecule has 2 N–H and O–H groups in total. The molecule has 0 aliphatic carbocycles. The number of nitrogens with two attached hydrogens (primary N) is 1. The standard InChI is InChI=1S/C13H18N2O3/c1-2-15(13(16)5-6-14)8-10-3-4-11-12(7-10)18-9-17-11/h3-4,7H,2,5-6,8-9,14H2,1H3. The Morgan fingerprint density at radius 3 is 2.89 bits per heavy atom. The summed E-state index contributed by atoms with van der Waals surface area (Å²) in [6.45, 7) is 3.86. The van der Waals surface area contributed by atoms with Crippen LogP contribution in [0.1, 0.15) is 18.9 Å². The quantitative estimate of drug-likeness (QED) is 0.850. The molecule has 1 amide bonds. The van der Waals surface area contributed by atoms with Gasteiger partial charge in [0.25, 0.3) is 0 Å². The van der Waals surface area contributed by atoms with Gasteiger partial charge in [0.15, 0.2) is 11.5 Å². The average Bonchev–Trinajstić information content (AvgIpc) is 2.83. The van der Waals surface area contributed by atoms with Gasteiger partial charge < -0.3 is 20.1 Å². The van der Waals surface area contributed by atoms with Crippen molar-refractivity contribution in [3.05, 3.63) is 23.8 Å². The van der Waals surface area contributed by atoms with E-state index in [4.69, 9.17) is 15.2 Å². The highest BCUT2D eigenvalue weighted by atomic mass is 16.7. The summed E-state index contributed by atoms with van der Waals surface area (Å²) in [6.07, 6.45) is 0.387. The van der Waals surface area contributed by atoms with Gasteiger partial charge in [-0.3, -0.25) is 4.79 Å². The molecule has 18 heavy (non-hydrogen) atoms. The molecule has 1 aliphatic rings. The Morgan fingerprint density at radius 2 is 2.17 bits per heavy atom. The van der Waals surface area contributed by atoms with E-state index in [9.17, 15) is 4.79 Å². The normalized spacial score (nSPS) is 12.6. The van der Waals surface area contributed by atoms with Crippen LogP contribution < -0.4 is 15.2 Å². The lowest BCUT2D eigenvalue weighted by Crippen LogP contribution is -2.31. The molecule has 1 aromatic carbocycles. The second-order valence-corrected chi connectivity index (χ2v) is 4.13. The lowest BCUT2D eigenvalue weighted by molar-refractivity contribution is -0.131. The number of carbonyl (C=O) groups is 1. The highest BCUT2D eigenvalue weighted by Gasteiger charge is 2.16. The van der Waals surface area contributed by atoms with E-state index in [0.717, 1.165) is 17.1 Å². The second-order valence-electron chi connectivity index (χ2n) is 4.13. The molecule has 0 unspecified atom stereocenters. The first kappa shape index (κ1) is 12.7. The summed E-state index contributed by atoms with van der Waals surface area (Å²) < 4.78 is 10.6. The maximum absolute atomic E-state index is 11.8. The van der Waals surface area contributed by atoms with Crippen molar-refractivity contribution in [2.24, 2.45) is 5.73 Å². The molecular formula is C13H18N2O3. The number of nitrogens with zero attached hydrogens (tertiary/aromatic N) is 1. The van der Waals surface area contributed by atoms with Crippen molar-refractivity contribution in [1.29, 1.82) is 0 Å². The molecule has 5 nitrogen and oxygen atoms in total. The predicted octanol–water partition coefficient (Wildman–Crippen LogP) is 1.11. The van der Waals surface area contributed by atoms with Gasteiger partial charge in [0.2, 0.25) is 12.7 Å². The number of ether oxygens (including phenoxy) is 2. The van der Waals surface area contributed by atoms with Crippen LogP contribution in [0.3, 0.4) is 0 Å². The van der Waals surface area contributed by atoms with E-state index < -0.39 is 0 Å². The lowest BCUT2D eigenvalue weighted by atomic mass is 10.2. The Bertz CT molecular complexity index is 434. The molecule has 1 heterocycles.